The van der Waals surface area contributed by atoms with E-state index in [1.165, 1.54) is 27.5 Å². The number of fused-ring (bicyclic) bond motifs is 6. The van der Waals surface area contributed by atoms with Crippen molar-refractivity contribution >= 4 is 66.7 Å². The van der Waals surface area contributed by atoms with Gasteiger partial charge in [0.05, 0.1) is 23.9 Å². The number of thioether (sulfide) groups is 1. The summed E-state index contributed by atoms with van der Waals surface area (Å²) in [5.41, 5.74) is 4.84. The van der Waals surface area contributed by atoms with E-state index in [1.807, 2.05) is 42.5 Å². The van der Waals surface area contributed by atoms with Gasteiger partial charge in [0.25, 0.3) is 5.56 Å². The molecule has 0 unspecified atom stereocenters. The molecular weight excluding hydrogens is 565 g/mol. The summed E-state index contributed by atoms with van der Waals surface area (Å²) >= 11 is 2.90. The standard InChI is InChI=1S/C33H30N4O3S2/c1-3-36-26-10-6-4-8-23(26)25-18-20(12-17-27(25)36)34-29(38)19-41-33-35-31-30(24-9-5-7-11-28(24)42-31)32(39)37(33)21-13-15-22(40-2)16-14-21/h4,6,8,10,12-18H,3,5,7,9,11,19H2,1-2H3,(H,34,38). The summed E-state index contributed by atoms with van der Waals surface area (Å²) < 4.78 is 9.26. The first kappa shape index (κ1) is 26.8. The Balaban J connectivity index is 1.21. The number of nitrogens with one attached hydrogen (secondary N) is 1. The van der Waals surface area contributed by atoms with Gasteiger partial charge in [-0.05, 0) is 86.7 Å². The van der Waals surface area contributed by atoms with Crippen molar-refractivity contribution < 1.29 is 9.53 Å². The summed E-state index contributed by atoms with van der Waals surface area (Å²) in [5.74, 6) is 0.676. The van der Waals surface area contributed by atoms with Gasteiger partial charge < -0.3 is 14.6 Å². The van der Waals surface area contributed by atoms with Gasteiger partial charge in [-0.2, -0.15) is 0 Å². The third-order valence-electron chi connectivity index (χ3n) is 7.99. The molecule has 212 valence electrons. The number of benzene rings is 3. The first-order valence-electron chi connectivity index (χ1n) is 14.2. The summed E-state index contributed by atoms with van der Waals surface area (Å²) in [6.45, 7) is 3.01. The molecule has 0 saturated carbocycles. The fourth-order valence-electron chi connectivity index (χ4n) is 6.04. The summed E-state index contributed by atoms with van der Waals surface area (Å²) in [6, 6.07) is 21.8. The Labute approximate surface area is 251 Å². The van der Waals surface area contributed by atoms with Crippen molar-refractivity contribution in [3.8, 4) is 11.4 Å². The molecule has 0 fully saturated rings. The number of aromatic nitrogens is 3. The lowest BCUT2D eigenvalue weighted by molar-refractivity contribution is -0.113. The van der Waals surface area contributed by atoms with Crippen LogP contribution < -0.4 is 15.6 Å². The Morgan fingerprint density at radius 1 is 1.02 bits per heavy atom. The maximum Gasteiger partial charge on any atom is 0.267 e. The van der Waals surface area contributed by atoms with Crippen LogP contribution in [-0.4, -0.2) is 32.9 Å². The number of hydrogen-bond donors (Lipinski definition) is 1. The molecule has 0 spiro atoms. The van der Waals surface area contributed by atoms with Crippen LogP contribution in [0.4, 0.5) is 5.69 Å². The zero-order chi connectivity index (χ0) is 28.8. The molecule has 0 atom stereocenters. The van der Waals surface area contributed by atoms with Crippen LogP contribution in [0, 0.1) is 0 Å². The lowest BCUT2D eigenvalue weighted by atomic mass is 9.97. The Kier molecular flexibility index (Phi) is 6.99. The van der Waals surface area contributed by atoms with E-state index >= 15 is 0 Å². The first-order chi connectivity index (χ1) is 20.6. The molecule has 3 aromatic carbocycles. The van der Waals surface area contributed by atoms with Crippen LogP contribution in [0.3, 0.4) is 0 Å². The van der Waals surface area contributed by atoms with E-state index in [0.29, 0.717) is 16.6 Å². The maximum atomic E-state index is 14.0. The molecule has 7 nitrogen and oxygen atoms in total. The molecule has 1 N–H and O–H groups in total. The van der Waals surface area contributed by atoms with Gasteiger partial charge in [-0.15, -0.1) is 11.3 Å². The topological polar surface area (TPSA) is 78.2 Å². The van der Waals surface area contributed by atoms with Crippen LogP contribution in [0.25, 0.3) is 37.7 Å². The molecule has 1 amide bonds. The van der Waals surface area contributed by atoms with Crippen LogP contribution in [0.1, 0.15) is 30.2 Å². The van der Waals surface area contributed by atoms with Crippen molar-refractivity contribution in [2.75, 3.05) is 18.2 Å². The van der Waals surface area contributed by atoms with Crippen LogP contribution in [-0.2, 0) is 24.2 Å². The van der Waals surface area contributed by atoms with Gasteiger partial charge in [0.2, 0.25) is 5.91 Å². The van der Waals surface area contributed by atoms with Gasteiger partial charge in [-0.3, -0.25) is 14.2 Å². The molecular formula is C33H30N4O3S2. The van der Waals surface area contributed by atoms with E-state index in [2.05, 4.69) is 41.1 Å². The number of methoxy groups -OCH3 is 1. The number of para-hydroxylation sites is 1. The van der Waals surface area contributed by atoms with Crippen molar-refractivity contribution in [2.45, 2.75) is 44.3 Å². The lowest BCUT2D eigenvalue weighted by Crippen LogP contribution is -2.23. The second-order valence-electron chi connectivity index (χ2n) is 10.5. The Morgan fingerprint density at radius 2 is 1.81 bits per heavy atom. The molecule has 6 aromatic rings. The number of carbonyl (C=O) groups excluding carboxylic acids is 1. The maximum absolute atomic E-state index is 14.0. The highest BCUT2D eigenvalue weighted by Crippen LogP contribution is 2.36. The van der Waals surface area contributed by atoms with E-state index in [-0.39, 0.29) is 17.2 Å². The van der Waals surface area contributed by atoms with Crippen molar-refractivity contribution in [2.24, 2.45) is 0 Å². The molecule has 42 heavy (non-hydrogen) atoms. The summed E-state index contributed by atoms with van der Waals surface area (Å²) in [5, 5.41) is 6.57. The smallest absolute Gasteiger partial charge is 0.267 e. The third-order valence-corrected chi connectivity index (χ3v) is 10.1. The molecule has 7 rings (SSSR count). The average Bonchev–Trinajstić information content (AvgIpc) is 3.55. The number of amides is 1. The van der Waals surface area contributed by atoms with Crippen LogP contribution in [0.5, 0.6) is 5.75 Å². The molecule has 0 radical (unpaired) electrons. The van der Waals surface area contributed by atoms with Gasteiger partial charge in [-0.25, -0.2) is 4.98 Å². The predicted octanol–water partition coefficient (Wildman–Crippen LogP) is 7.19. The highest BCUT2D eigenvalue weighted by Gasteiger charge is 2.23. The number of nitrogens with zero attached hydrogens (tertiary/aromatic N) is 3. The first-order valence-corrected chi connectivity index (χ1v) is 16.0. The second kappa shape index (κ2) is 11.0. The molecule has 0 saturated heterocycles. The SMILES string of the molecule is CCn1c2ccccc2c2cc(NC(=O)CSc3nc4sc5c(c4c(=O)n3-c3ccc(OC)cc3)CCCC5)ccc21. The Hall–Kier alpha value is -4.08. The third kappa shape index (κ3) is 4.57. The zero-order valence-corrected chi connectivity index (χ0v) is 25.1. The number of thiophene rings is 1. The lowest BCUT2D eigenvalue weighted by Gasteiger charge is -2.14. The van der Waals surface area contributed by atoms with E-state index in [1.54, 1.807) is 23.0 Å². The molecule has 3 heterocycles. The van der Waals surface area contributed by atoms with E-state index in [0.717, 1.165) is 64.6 Å². The van der Waals surface area contributed by atoms with Crippen LogP contribution in [0.2, 0.25) is 0 Å². The molecule has 0 aliphatic heterocycles. The molecule has 3 aromatic heterocycles. The highest BCUT2D eigenvalue weighted by atomic mass is 32.2. The van der Waals surface area contributed by atoms with Crippen molar-refractivity contribution in [1.29, 1.82) is 0 Å². The quantitative estimate of drug-likeness (QED) is 0.156. The van der Waals surface area contributed by atoms with E-state index < -0.39 is 0 Å². The number of rotatable bonds is 7. The van der Waals surface area contributed by atoms with Gasteiger partial charge in [-0.1, -0.05) is 30.0 Å². The largest absolute Gasteiger partial charge is 0.497 e. The molecule has 0 bridgehead atoms. The normalized spacial score (nSPS) is 13.1. The predicted molar refractivity (Wildman–Crippen MR) is 173 cm³/mol. The molecule has 1 aliphatic carbocycles. The molecule has 9 heteroatoms. The fourth-order valence-corrected chi connectivity index (χ4v) is 8.16. The van der Waals surface area contributed by atoms with Crippen molar-refractivity contribution in [1.82, 2.24) is 14.1 Å². The van der Waals surface area contributed by atoms with E-state index in [4.69, 9.17) is 9.72 Å². The van der Waals surface area contributed by atoms with Crippen molar-refractivity contribution in [3.63, 3.8) is 0 Å². The number of anilines is 1. The number of ether oxygens (including phenoxy) is 1. The van der Waals surface area contributed by atoms with Gasteiger partial charge >= 0.3 is 0 Å². The van der Waals surface area contributed by atoms with Crippen molar-refractivity contribution in [3.05, 3.63) is 87.5 Å². The van der Waals surface area contributed by atoms with Gasteiger partial charge in [0, 0.05) is 38.9 Å². The summed E-state index contributed by atoms with van der Waals surface area (Å²) in [7, 11) is 1.62. The Morgan fingerprint density at radius 3 is 2.62 bits per heavy atom. The second-order valence-corrected chi connectivity index (χ2v) is 12.5. The minimum atomic E-state index is -0.153. The average molecular weight is 595 g/mol. The monoisotopic (exact) mass is 594 g/mol. The van der Waals surface area contributed by atoms with E-state index in [9.17, 15) is 9.59 Å². The highest BCUT2D eigenvalue weighted by molar-refractivity contribution is 7.99. The number of carbonyl (C=O) groups is 1. The fraction of sp³-hybridized carbons (Fsp3) is 0.242. The summed E-state index contributed by atoms with van der Waals surface area (Å²) in [6.07, 6.45) is 4.12. The minimum absolute atomic E-state index is 0.0785. The summed E-state index contributed by atoms with van der Waals surface area (Å²) in [4.78, 5) is 34.2. The van der Waals surface area contributed by atoms with Crippen LogP contribution in [0.15, 0.2) is 76.7 Å². The zero-order valence-electron chi connectivity index (χ0n) is 23.5. The van der Waals surface area contributed by atoms with Gasteiger partial charge in [0.15, 0.2) is 5.16 Å². The number of aryl methyl sites for hydroxylation is 3. The van der Waals surface area contributed by atoms with Gasteiger partial charge in [0.1, 0.15) is 10.6 Å². The molecule has 1 aliphatic rings. The Bertz CT molecular complexity index is 2040. The van der Waals surface area contributed by atoms with Crippen LogP contribution >= 0.6 is 23.1 Å². The minimum Gasteiger partial charge on any atom is -0.497 e. The number of hydrogen-bond acceptors (Lipinski definition) is 6.